The van der Waals surface area contributed by atoms with Crippen molar-refractivity contribution < 1.29 is 28.4 Å². The molecule has 3 aliphatic rings. The number of ether oxygens (including phenoxy) is 2. The molecule has 0 saturated carbocycles. The lowest BCUT2D eigenvalue weighted by Gasteiger charge is -2.32. The fraction of sp³-hybridized carbons (Fsp3) is 0.565. The maximum absolute atomic E-state index is 12.6. The molecule has 1 heterocycles. The lowest BCUT2D eigenvalue weighted by Crippen LogP contribution is -2.41. The fourth-order valence-corrected chi connectivity index (χ4v) is 4.56. The van der Waals surface area contributed by atoms with Crippen LogP contribution in [0.5, 0.6) is 0 Å². The Bertz CT molecular complexity index is 916. The Morgan fingerprint density at radius 1 is 0.967 bits per heavy atom. The molecule has 0 aromatic heterocycles. The average molecular weight is 412 g/mol. The van der Waals surface area contributed by atoms with Crippen molar-refractivity contribution in [1.82, 2.24) is 0 Å². The number of hydrogen-bond acceptors (Lipinski definition) is 6. The molecule has 1 saturated heterocycles. The highest BCUT2D eigenvalue weighted by Crippen LogP contribution is 2.55. The van der Waals surface area contributed by atoms with Crippen LogP contribution in [-0.2, 0) is 18.8 Å². The van der Waals surface area contributed by atoms with Crippen molar-refractivity contribution in [2.45, 2.75) is 71.0 Å². The zero-order valence-electron chi connectivity index (χ0n) is 18.5. The highest BCUT2D eigenvalue weighted by molar-refractivity contribution is 6.55. The van der Waals surface area contributed by atoms with Gasteiger partial charge in [-0.3, -0.25) is 0 Å². The van der Waals surface area contributed by atoms with Crippen LogP contribution < -0.4 is 0 Å². The number of rotatable bonds is 5. The minimum absolute atomic E-state index is 0.101. The lowest BCUT2D eigenvalue weighted by molar-refractivity contribution is 0.00578. The lowest BCUT2D eigenvalue weighted by atomic mass is 9.69. The molecule has 0 spiro atoms. The summed E-state index contributed by atoms with van der Waals surface area (Å²) in [5.74, 6) is -0.735. The van der Waals surface area contributed by atoms with Crippen LogP contribution in [0.25, 0.3) is 0 Å². The Morgan fingerprint density at radius 2 is 1.47 bits per heavy atom. The van der Waals surface area contributed by atoms with Crippen molar-refractivity contribution in [3.05, 3.63) is 45.9 Å². The van der Waals surface area contributed by atoms with E-state index in [1.807, 2.05) is 39.8 Å². The summed E-state index contributed by atoms with van der Waals surface area (Å²) in [6.45, 7) is 12.1. The highest BCUT2D eigenvalue weighted by Gasteiger charge is 2.55. The molecular weight excluding hydrogens is 383 g/mol. The van der Waals surface area contributed by atoms with Crippen LogP contribution in [0.4, 0.5) is 0 Å². The third-order valence-electron chi connectivity index (χ3n) is 6.80. The second-order valence-electron chi connectivity index (χ2n) is 9.12. The van der Waals surface area contributed by atoms with Crippen molar-refractivity contribution in [1.29, 1.82) is 0 Å². The summed E-state index contributed by atoms with van der Waals surface area (Å²) < 4.78 is 22.9. The van der Waals surface area contributed by atoms with Crippen LogP contribution in [0.3, 0.4) is 0 Å². The number of benzene rings is 1. The molecule has 1 aliphatic heterocycles. The van der Waals surface area contributed by atoms with E-state index < -0.39 is 30.3 Å². The number of fused-ring (bicyclic) bond motifs is 5. The van der Waals surface area contributed by atoms with Gasteiger partial charge >= 0.3 is 19.1 Å². The third-order valence-corrected chi connectivity index (χ3v) is 6.80. The van der Waals surface area contributed by atoms with Crippen molar-refractivity contribution in [2.24, 2.45) is 0 Å². The summed E-state index contributed by atoms with van der Waals surface area (Å²) >= 11 is 0. The van der Waals surface area contributed by atoms with E-state index in [1.54, 1.807) is 13.8 Å². The first-order valence-corrected chi connectivity index (χ1v) is 10.7. The van der Waals surface area contributed by atoms with Gasteiger partial charge in [0.25, 0.3) is 0 Å². The molecule has 2 aliphatic carbocycles. The van der Waals surface area contributed by atoms with Gasteiger partial charge in [-0.25, -0.2) is 9.59 Å². The third kappa shape index (κ3) is 3.19. The first-order valence-electron chi connectivity index (χ1n) is 10.7. The summed E-state index contributed by atoms with van der Waals surface area (Å²) in [6, 6.07) is 3.62. The molecule has 4 rings (SSSR count). The zero-order valence-corrected chi connectivity index (χ0v) is 18.5. The van der Waals surface area contributed by atoms with E-state index in [9.17, 15) is 9.59 Å². The second kappa shape index (κ2) is 7.24. The molecule has 0 amide bonds. The first kappa shape index (κ1) is 21.1. The molecule has 0 unspecified atom stereocenters. The van der Waals surface area contributed by atoms with E-state index in [2.05, 4.69) is 6.08 Å². The van der Waals surface area contributed by atoms with Gasteiger partial charge in [0.15, 0.2) is 0 Å². The molecule has 160 valence electrons. The quantitative estimate of drug-likeness (QED) is 0.534. The number of hydrogen-bond donors (Lipinski definition) is 0. The molecule has 2 bridgehead atoms. The van der Waals surface area contributed by atoms with Crippen molar-refractivity contribution in [2.75, 3.05) is 13.2 Å². The largest absolute Gasteiger partial charge is 0.490 e. The number of esters is 2. The summed E-state index contributed by atoms with van der Waals surface area (Å²) in [4.78, 5) is 25.1. The van der Waals surface area contributed by atoms with Gasteiger partial charge in [0, 0.05) is 11.8 Å². The molecule has 0 radical (unpaired) electrons. The minimum atomic E-state index is -0.507. The maximum atomic E-state index is 12.6. The molecule has 1 aromatic rings. The summed E-state index contributed by atoms with van der Waals surface area (Å²) in [5.41, 5.74) is 2.92. The van der Waals surface area contributed by atoms with E-state index in [-0.39, 0.29) is 36.2 Å². The van der Waals surface area contributed by atoms with E-state index in [4.69, 9.17) is 18.8 Å². The predicted octanol–water partition coefficient (Wildman–Crippen LogP) is 4.18. The highest BCUT2D eigenvalue weighted by atomic mass is 16.7. The van der Waals surface area contributed by atoms with Gasteiger partial charge in [-0.15, -0.1) is 0 Å². The summed E-state index contributed by atoms with van der Waals surface area (Å²) in [6.07, 6.45) is 3.09. The van der Waals surface area contributed by atoms with Crippen LogP contribution in [0.15, 0.2) is 23.7 Å². The molecule has 0 N–H and O–H groups in total. The molecule has 1 aromatic carbocycles. The minimum Gasteiger partial charge on any atom is -0.462 e. The van der Waals surface area contributed by atoms with Gasteiger partial charge in [-0.1, -0.05) is 6.08 Å². The predicted molar refractivity (Wildman–Crippen MR) is 113 cm³/mol. The van der Waals surface area contributed by atoms with Crippen LogP contribution in [0.2, 0.25) is 0 Å². The monoisotopic (exact) mass is 412 g/mol. The van der Waals surface area contributed by atoms with Crippen LogP contribution >= 0.6 is 0 Å². The molecule has 2 atom stereocenters. The fourth-order valence-electron chi connectivity index (χ4n) is 4.56. The normalized spacial score (nSPS) is 25.1. The Balaban J connectivity index is 1.71. The smallest absolute Gasteiger partial charge is 0.462 e. The van der Waals surface area contributed by atoms with E-state index in [0.717, 1.165) is 23.0 Å². The molecule has 1 fully saturated rings. The number of carbonyl (C=O) groups is 2. The van der Waals surface area contributed by atoms with Crippen LogP contribution in [0.1, 0.15) is 91.6 Å². The Morgan fingerprint density at radius 3 is 1.97 bits per heavy atom. The summed E-state index contributed by atoms with van der Waals surface area (Å²) in [5, 5.41) is 0. The van der Waals surface area contributed by atoms with Gasteiger partial charge in [-0.05, 0) is 76.7 Å². The van der Waals surface area contributed by atoms with Gasteiger partial charge in [-0.2, -0.15) is 0 Å². The molecule has 6 nitrogen and oxygen atoms in total. The van der Waals surface area contributed by atoms with Gasteiger partial charge < -0.3 is 18.8 Å². The number of carbonyl (C=O) groups excluding carboxylic acids is 2. The SMILES string of the molecule is CCOC(=O)c1cc2c(cc1C(=O)OCC)[C@H]1C[C@@H]2C=C1B1OC(C)(C)C(C)(C)O1. The maximum Gasteiger partial charge on any atom is 0.490 e. The van der Waals surface area contributed by atoms with Crippen molar-refractivity contribution >= 4 is 19.1 Å². The standard InChI is InChI=1S/C23H29BO6/c1-7-27-20(25)17-11-14-13-9-16(15(14)12-18(17)21(26)28-8-2)19(10-13)24-29-22(3,4)23(5,6)30-24/h10-13,16H,7-9H2,1-6H3/t13-,16-/m1/s1. The molecule has 30 heavy (non-hydrogen) atoms. The molecular formula is C23H29BO6. The van der Waals surface area contributed by atoms with Crippen LogP contribution in [0, 0.1) is 0 Å². The van der Waals surface area contributed by atoms with E-state index in [1.165, 1.54) is 0 Å². The van der Waals surface area contributed by atoms with E-state index >= 15 is 0 Å². The Hall–Kier alpha value is -2.12. The summed E-state index contributed by atoms with van der Waals surface area (Å²) in [7, 11) is -0.408. The first-order chi connectivity index (χ1) is 14.1. The number of allylic oxidation sites excluding steroid dienone is 2. The van der Waals surface area contributed by atoms with Crippen molar-refractivity contribution in [3.8, 4) is 0 Å². The Labute approximate surface area is 178 Å². The van der Waals surface area contributed by atoms with Gasteiger partial charge in [0.1, 0.15) is 0 Å². The second-order valence-corrected chi connectivity index (χ2v) is 9.12. The van der Waals surface area contributed by atoms with E-state index in [0.29, 0.717) is 0 Å². The van der Waals surface area contributed by atoms with Crippen molar-refractivity contribution in [3.63, 3.8) is 0 Å². The topological polar surface area (TPSA) is 71.1 Å². The van der Waals surface area contributed by atoms with Gasteiger partial charge in [0.05, 0.1) is 35.5 Å². The van der Waals surface area contributed by atoms with Gasteiger partial charge in [0.2, 0.25) is 0 Å². The zero-order chi connectivity index (χ0) is 21.8. The van der Waals surface area contributed by atoms with Crippen LogP contribution in [-0.4, -0.2) is 43.5 Å². The molecule has 7 heteroatoms. The Kier molecular flexibility index (Phi) is 5.10. The average Bonchev–Trinajstić information content (AvgIpc) is 3.31.